The second-order valence-corrected chi connectivity index (χ2v) is 5.00. The van der Waals surface area contributed by atoms with Crippen LogP contribution in [0.1, 0.15) is 22.3 Å². The highest BCUT2D eigenvalue weighted by atomic mass is 16.5. The van der Waals surface area contributed by atoms with Crippen LogP contribution in [-0.2, 0) is 16.1 Å². The number of primary amides is 1. The van der Waals surface area contributed by atoms with E-state index < -0.39 is 5.91 Å². The summed E-state index contributed by atoms with van der Waals surface area (Å²) in [5, 5.41) is 0. The lowest BCUT2D eigenvalue weighted by atomic mass is 10.1. The smallest absolute Gasteiger partial charge is 0.309 e. The third-order valence-electron chi connectivity index (χ3n) is 3.27. The van der Waals surface area contributed by atoms with E-state index in [2.05, 4.69) is 0 Å². The predicted octanol–water partition coefficient (Wildman–Crippen LogP) is 2.31. The third kappa shape index (κ3) is 5.31. The fourth-order valence-corrected chi connectivity index (χ4v) is 1.93. The van der Waals surface area contributed by atoms with Gasteiger partial charge in [0, 0.05) is 5.56 Å². The number of rotatable bonds is 8. The van der Waals surface area contributed by atoms with Gasteiger partial charge in [-0.3, -0.25) is 9.59 Å². The van der Waals surface area contributed by atoms with Gasteiger partial charge in [-0.05, 0) is 42.0 Å². The molecule has 0 atom stereocenters. The van der Waals surface area contributed by atoms with Crippen molar-refractivity contribution in [3.05, 3.63) is 59.7 Å². The van der Waals surface area contributed by atoms with E-state index in [1.807, 2.05) is 0 Å². The number of nitrogens with two attached hydrogens (primary N) is 1. The quantitative estimate of drug-likeness (QED) is 0.751. The van der Waals surface area contributed by atoms with E-state index in [0.717, 1.165) is 11.3 Å². The van der Waals surface area contributed by atoms with E-state index in [1.165, 1.54) is 0 Å². The van der Waals surface area contributed by atoms with E-state index in [4.69, 9.17) is 19.9 Å². The summed E-state index contributed by atoms with van der Waals surface area (Å²) < 4.78 is 15.7. The first-order chi connectivity index (χ1) is 11.6. The topological polar surface area (TPSA) is 87.8 Å². The molecule has 2 rings (SSSR count). The van der Waals surface area contributed by atoms with Crippen LogP contribution in [0.25, 0.3) is 0 Å². The highest BCUT2D eigenvalue weighted by Crippen LogP contribution is 2.17. The van der Waals surface area contributed by atoms with Crippen LogP contribution in [0.15, 0.2) is 48.5 Å². The van der Waals surface area contributed by atoms with Gasteiger partial charge < -0.3 is 19.9 Å². The number of benzene rings is 2. The first-order valence-electron chi connectivity index (χ1n) is 7.39. The highest BCUT2D eigenvalue weighted by Gasteiger charge is 2.05. The van der Waals surface area contributed by atoms with Crippen molar-refractivity contribution in [2.24, 2.45) is 5.73 Å². The Balaban J connectivity index is 1.70. The van der Waals surface area contributed by atoms with Crippen molar-refractivity contribution in [3.8, 4) is 11.5 Å². The molecule has 6 nitrogen and oxygen atoms in total. The first-order valence-corrected chi connectivity index (χ1v) is 7.39. The van der Waals surface area contributed by atoms with Crippen LogP contribution in [0.3, 0.4) is 0 Å². The van der Waals surface area contributed by atoms with Crippen LogP contribution >= 0.6 is 0 Å². The average Bonchev–Trinajstić information content (AvgIpc) is 2.61. The molecule has 0 heterocycles. The second kappa shape index (κ2) is 8.57. The Morgan fingerprint density at radius 1 is 0.958 bits per heavy atom. The molecule has 2 aromatic rings. The zero-order valence-electron chi connectivity index (χ0n) is 13.4. The molecule has 0 aromatic heterocycles. The van der Waals surface area contributed by atoms with Gasteiger partial charge in [-0.1, -0.05) is 12.1 Å². The van der Waals surface area contributed by atoms with Gasteiger partial charge in [0.2, 0.25) is 5.91 Å². The zero-order valence-corrected chi connectivity index (χ0v) is 13.4. The molecule has 2 N–H and O–H groups in total. The van der Waals surface area contributed by atoms with Gasteiger partial charge in [-0.2, -0.15) is 0 Å². The number of amides is 1. The minimum absolute atomic E-state index is 0.139. The number of hydrogen-bond acceptors (Lipinski definition) is 5. The highest BCUT2D eigenvalue weighted by molar-refractivity contribution is 5.92. The summed E-state index contributed by atoms with van der Waals surface area (Å²) in [5.41, 5.74) is 6.36. The number of carbonyl (C=O) groups is 2. The lowest BCUT2D eigenvalue weighted by Crippen LogP contribution is -2.11. The van der Waals surface area contributed by atoms with Crippen molar-refractivity contribution < 1.29 is 23.8 Å². The van der Waals surface area contributed by atoms with Gasteiger partial charge in [0.05, 0.1) is 20.1 Å². The Kier molecular flexibility index (Phi) is 6.19. The Hall–Kier alpha value is -3.02. The maximum absolute atomic E-state index is 11.7. The molecule has 0 saturated heterocycles. The molecule has 0 fully saturated rings. The van der Waals surface area contributed by atoms with Gasteiger partial charge in [0.25, 0.3) is 0 Å². The minimum atomic E-state index is -0.491. The lowest BCUT2D eigenvalue weighted by Gasteiger charge is -2.08. The molecule has 0 unspecified atom stereocenters. The normalized spacial score (nSPS) is 10.0. The van der Waals surface area contributed by atoms with E-state index in [-0.39, 0.29) is 25.6 Å². The molecule has 2 aromatic carbocycles. The Morgan fingerprint density at radius 2 is 1.58 bits per heavy atom. The Morgan fingerprint density at radius 3 is 2.17 bits per heavy atom. The summed E-state index contributed by atoms with van der Waals surface area (Å²) in [7, 11) is 1.59. The molecule has 0 bridgehead atoms. The van der Waals surface area contributed by atoms with Crippen LogP contribution in [0.4, 0.5) is 0 Å². The molecular formula is C18H19NO5. The van der Waals surface area contributed by atoms with E-state index in [0.29, 0.717) is 11.3 Å². The fourth-order valence-electron chi connectivity index (χ4n) is 1.93. The van der Waals surface area contributed by atoms with Crippen molar-refractivity contribution in [3.63, 3.8) is 0 Å². The molecule has 0 aliphatic heterocycles. The monoisotopic (exact) mass is 329 g/mol. The molecule has 0 aliphatic carbocycles. The molecule has 0 saturated carbocycles. The minimum Gasteiger partial charge on any atom is -0.497 e. The largest absolute Gasteiger partial charge is 0.497 e. The molecule has 0 aliphatic rings. The number of esters is 1. The van der Waals surface area contributed by atoms with Gasteiger partial charge in [0.15, 0.2) is 0 Å². The van der Waals surface area contributed by atoms with Crippen LogP contribution < -0.4 is 15.2 Å². The predicted molar refractivity (Wildman–Crippen MR) is 87.9 cm³/mol. The van der Waals surface area contributed by atoms with Crippen LogP contribution in [0.5, 0.6) is 11.5 Å². The summed E-state index contributed by atoms with van der Waals surface area (Å²) in [6, 6.07) is 13.7. The number of carbonyl (C=O) groups excluding carboxylic acids is 2. The number of hydrogen-bond donors (Lipinski definition) is 1. The zero-order chi connectivity index (χ0) is 17.4. The summed E-state index contributed by atoms with van der Waals surface area (Å²) in [6.45, 7) is 0.367. The standard InChI is InChI=1S/C18H19NO5/c1-22-15-6-8-16(9-7-15)23-11-10-17(20)24-12-13-2-4-14(5-3-13)18(19)21/h2-9H,10-12H2,1H3,(H2,19,21). The van der Waals surface area contributed by atoms with E-state index in [1.54, 1.807) is 55.6 Å². The fraction of sp³-hybridized carbons (Fsp3) is 0.222. The number of methoxy groups -OCH3 is 1. The first kappa shape index (κ1) is 17.3. The van der Waals surface area contributed by atoms with Crippen molar-refractivity contribution in [2.75, 3.05) is 13.7 Å². The van der Waals surface area contributed by atoms with E-state index >= 15 is 0 Å². The van der Waals surface area contributed by atoms with Gasteiger partial charge >= 0.3 is 5.97 Å². The van der Waals surface area contributed by atoms with Crippen LogP contribution in [-0.4, -0.2) is 25.6 Å². The van der Waals surface area contributed by atoms with Gasteiger partial charge in [-0.15, -0.1) is 0 Å². The molecule has 0 spiro atoms. The summed E-state index contributed by atoms with van der Waals surface area (Å²) in [5.74, 6) is 0.548. The summed E-state index contributed by atoms with van der Waals surface area (Å²) in [4.78, 5) is 22.7. The van der Waals surface area contributed by atoms with Crippen molar-refractivity contribution >= 4 is 11.9 Å². The molecule has 24 heavy (non-hydrogen) atoms. The van der Waals surface area contributed by atoms with Crippen LogP contribution in [0, 0.1) is 0 Å². The number of ether oxygens (including phenoxy) is 3. The molecule has 126 valence electrons. The molecule has 1 amide bonds. The molecule has 0 radical (unpaired) electrons. The summed E-state index contributed by atoms with van der Waals surface area (Å²) >= 11 is 0. The van der Waals surface area contributed by atoms with Crippen molar-refractivity contribution in [1.29, 1.82) is 0 Å². The van der Waals surface area contributed by atoms with Gasteiger partial charge in [-0.25, -0.2) is 0 Å². The second-order valence-electron chi connectivity index (χ2n) is 5.00. The van der Waals surface area contributed by atoms with E-state index in [9.17, 15) is 9.59 Å². The third-order valence-corrected chi connectivity index (χ3v) is 3.27. The summed E-state index contributed by atoms with van der Waals surface area (Å²) in [6.07, 6.45) is 0.144. The molecule has 6 heteroatoms. The van der Waals surface area contributed by atoms with Crippen LogP contribution in [0.2, 0.25) is 0 Å². The van der Waals surface area contributed by atoms with Gasteiger partial charge in [0.1, 0.15) is 18.1 Å². The molecular weight excluding hydrogens is 310 g/mol. The average molecular weight is 329 g/mol. The van der Waals surface area contributed by atoms with Crippen molar-refractivity contribution in [2.45, 2.75) is 13.0 Å². The Bertz CT molecular complexity index is 680. The lowest BCUT2D eigenvalue weighted by molar-refractivity contribution is -0.145. The maximum Gasteiger partial charge on any atom is 0.309 e. The van der Waals surface area contributed by atoms with Crippen molar-refractivity contribution in [1.82, 2.24) is 0 Å². The SMILES string of the molecule is COc1ccc(OCCC(=O)OCc2ccc(C(N)=O)cc2)cc1. The maximum atomic E-state index is 11.7. The Labute approximate surface area is 140 Å².